The van der Waals surface area contributed by atoms with Crippen LogP contribution < -0.4 is 14.8 Å². The lowest BCUT2D eigenvalue weighted by atomic mass is 10.1. The van der Waals surface area contributed by atoms with E-state index in [-0.39, 0.29) is 18.7 Å². The molecule has 2 aromatic carbocycles. The topological polar surface area (TPSA) is 105 Å². The Hall–Kier alpha value is -3.12. The highest BCUT2D eigenvalue weighted by atomic mass is 32.2. The van der Waals surface area contributed by atoms with Gasteiger partial charge in [0.15, 0.2) is 0 Å². The summed E-state index contributed by atoms with van der Waals surface area (Å²) in [6.45, 7) is -0.364. The fourth-order valence-electron chi connectivity index (χ4n) is 3.00. The molecule has 31 heavy (non-hydrogen) atoms. The van der Waals surface area contributed by atoms with Crippen molar-refractivity contribution in [2.45, 2.75) is 23.2 Å². The van der Waals surface area contributed by atoms with Crippen molar-refractivity contribution in [3.63, 3.8) is 0 Å². The number of methoxy groups -OCH3 is 1. The predicted octanol–water partition coefficient (Wildman–Crippen LogP) is 2.03. The summed E-state index contributed by atoms with van der Waals surface area (Å²) in [5, 5.41) is 1.49. The molecule has 3 amide bonds. The summed E-state index contributed by atoms with van der Waals surface area (Å²) >= 11 is 0. The predicted molar refractivity (Wildman–Crippen MR) is 102 cm³/mol. The van der Waals surface area contributed by atoms with E-state index >= 15 is 0 Å². The van der Waals surface area contributed by atoms with Gasteiger partial charge < -0.3 is 10.1 Å². The molecule has 2 aromatic rings. The van der Waals surface area contributed by atoms with Crippen molar-refractivity contribution < 1.29 is 35.9 Å². The van der Waals surface area contributed by atoms with Gasteiger partial charge in [0, 0.05) is 6.54 Å². The Morgan fingerprint density at radius 3 is 2.23 bits per heavy atom. The number of urea groups is 1. The van der Waals surface area contributed by atoms with Crippen molar-refractivity contribution in [1.29, 1.82) is 0 Å². The third-order valence-corrected chi connectivity index (χ3v) is 6.12. The number of sulfonamides is 1. The van der Waals surface area contributed by atoms with Crippen LogP contribution in [0, 0.1) is 0 Å². The molecule has 0 radical (unpaired) electrons. The van der Waals surface area contributed by atoms with Gasteiger partial charge in [-0.3, -0.25) is 9.69 Å². The summed E-state index contributed by atoms with van der Waals surface area (Å²) < 4.78 is 73.2. The molecule has 0 bridgehead atoms. The maximum atomic E-state index is 13.9. The fourth-order valence-corrected chi connectivity index (χ4v) is 4.27. The van der Waals surface area contributed by atoms with Gasteiger partial charge in [-0.1, -0.05) is 30.3 Å². The summed E-state index contributed by atoms with van der Waals surface area (Å²) in [5.74, 6) is -1.47. The number of ether oxygens (including phenoxy) is 1. The molecule has 2 N–H and O–H groups in total. The maximum Gasteiger partial charge on any atom is 0.435 e. The van der Waals surface area contributed by atoms with Crippen LogP contribution in [-0.2, 0) is 21.2 Å². The van der Waals surface area contributed by atoms with E-state index in [9.17, 15) is 31.2 Å². The minimum absolute atomic E-state index is 0.0964. The number of benzene rings is 2. The minimum Gasteiger partial charge on any atom is -0.497 e. The third kappa shape index (κ3) is 4.35. The van der Waals surface area contributed by atoms with Gasteiger partial charge in [0.2, 0.25) is 10.0 Å². The molecule has 0 aromatic heterocycles. The number of rotatable bonds is 7. The zero-order chi connectivity index (χ0) is 22.9. The number of hydrogen-bond donors (Lipinski definition) is 2. The average molecular weight is 457 g/mol. The smallest absolute Gasteiger partial charge is 0.435 e. The van der Waals surface area contributed by atoms with E-state index in [1.165, 1.54) is 29.3 Å². The highest BCUT2D eigenvalue weighted by molar-refractivity contribution is 7.89. The van der Waals surface area contributed by atoms with Crippen molar-refractivity contribution in [3.05, 3.63) is 60.2 Å². The van der Waals surface area contributed by atoms with Crippen LogP contribution in [0.4, 0.5) is 18.0 Å². The average Bonchev–Trinajstić information content (AvgIpc) is 2.97. The molecule has 0 unspecified atom stereocenters. The van der Waals surface area contributed by atoms with Crippen LogP contribution in [0.2, 0.25) is 0 Å². The minimum atomic E-state index is -5.44. The summed E-state index contributed by atoms with van der Waals surface area (Å²) in [7, 11) is -3.51. The normalized spacial score (nSPS) is 19.4. The van der Waals surface area contributed by atoms with E-state index < -0.39 is 38.7 Å². The van der Waals surface area contributed by atoms with E-state index in [4.69, 9.17) is 4.74 Å². The summed E-state index contributed by atoms with van der Waals surface area (Å²) in [4.78, 5) is 24.7. The first-order valence-electron chi connectivity index (χ1n) is 8.93. The Labute approximate surface area is 176 Å². The van der Waals surface area contributed by atoms with E-state index in [1.807, 2.05) is 0 Å². The molecular weight excluding hydrogens is 439 g/mol. The molecule has 1 aliphatic heterocycles. The lowest BCUT2D eigenvalue weighted by Gasteiger charge is -2.29. The number of halogens is 3. The molecule has 3 rings (SSSR count). The number of amides is 3. The quantitative estimate of drug-likeness (QED) is 0.619. The molecule has 12 heteroatoms. The summed E-state index contributed by atoms with van der Waals surface area (Å²) in [6.07, 6.45) is -5.35. The molecule has 0 aliphatic carbocycles. The van der Waals surface area contributed by atoms with E-state index in [0.29, 0.717) is 10.5 Å². The second kappa shape index (κ2) is 8.19. The first-order chi connectivity index (χ1) is 14.5. The fraction of sp³-hybridized carbons (Fsp3) is 0.263. The molecule has 1 fully saturated rings. The first kappa shape index (κ1) is 22.6. The van der Waals surface area contributed by atoms with Crippen LogP contribution in [0.15, 0.2) is 59.5 Å². The van der Waals surface area contributed by atoms with Crippen LogP contribution in [0.3, 0.4) is 0 Å². The highest BCUT2D eigenvalue weighted by Crippen LogP contribution is 2.35. The number of nitrogens with one attached hydrogen (secondary N) is 2. The molecule has 8 nitrogen and oxygen atoms in total. The summed E-state index contributed by atoms with van der Waals surface area (Å²) in [5.41, 5.74) is -3.13. The molecule has 1 aliphatic rings. The third-order valence-electron chi connectivity index (χ3n) is 4.65. The summed E-state index contributed by atoms with van der Waals surface area (Å²) in [6, 6.07) is 11.6. The van der Waals surface area contributed by atoms with Gasteiger partial charge >= 0.3 is 12.2 Å². The molecule has 166 valence electrons. The zero-order valence-electron chi connectivity index (χ0n) is 16.1. The Morgan fingerprint density at radius 1 is 1.06 bits per heavy atom. The van der Waals surface area contributed by atoms with Crippen molar-refractivity contribution in [2.75, 3.05) is 13.7 Å². The van der Waals surface area contributed by atoms with Crippen LogP contribution in [-0.4, -0.2) is 50.7 Å². The van der Waals surface area contributed by atoms with Gasteiger partial charge in [0.1, 0.15) is 5.75 Å². The van der Waals surface area contributed by atoms with Crippen LogP contribution in [0.25, 0.3) is 0 Å². The standard InChI is InChI=1S/C19H18F3N3O5S/c1-30-14-7-9-15(10-8-14)31(28,29)24-18(19(20,21)22)16(26)25(17(27)23-18)12-11-13-5-3-2-4-6-13/h2-10,24H,11-12H2,1H3,(H,23,27)/t18-/m1/s1. The second-order valence-electron chi connectivity index (χ2n) is 6.65. The number of carbonyl (C=O) groups is 2. The molecule has 1 atom stereocenters. The molecule has 1 heterocycles. The monoisotopic (exact) mass is 457 g/mol. The SMILES string of the molecule is COc1ccc(S(=O)(=O)N[C@]2(C(F)(F)F)NC(=O)N(CCc3ccccc3)C2=O)cc1. The van der Waals surface area contributed by atoms with Gasteiger partial charge in [-0.2, -0.15) is 17.9 Å². The Kier molecular flexibility index (Phi) is 5.96. The zero-order valence-corrected chi connectivity index (χ0v) is 17.0. The Bertz CT molecular complexity index is 1080. The van der Waals surface area contributed by atoms with Crippen molar-refractivity contribution in [1.82, 2.24) is 14.9 Å². The van der Waals surface area contributed by atoms with Crippen molar-refractivity contribution >= 4 is 22.0 Å². The Morgan fingerprint density at radius 2 is 1.68 bits per heavy atom. The van der Waals surface area contributed by atoms with E-state index in [2.05, 4.69) is 0 Å². The van der Waals surface area contributed by atoms with E-state index in [1.54, 1.807) is 30.3 Å². The Balaban J connectivity index is 1.90. The largest absolute Gasteiger partial charge is 0.497 e. The van der Waals surface area contributed by atoms with Gasteiger partial charge in [0.25, 0.3) is 11.6 Å². The van der Waals surface area contributed by atoms with Crippen LogP contribution in [0.1, 0.15) is 5.56 Å². The highest BCUT2D eigenvalue weighted by Gasteiger charge is 2.69. The second-order valence-corrected chi connectivity index (χ2v) is 8.33. The van der Waals surface area contributed by atoms with Gasteiger partial charge in [-0.25, -0.2) is 13.2 Å². The number of imide groups is 1. The first-order valence-corrected chi connectivity index (χ1v) is 10.4. The molecule has 0 spiro atoms. The van der Waals surface area contributed by atoms with Crippen LogP contribution in [0.5, 0.6) is 5.75 Å². The molecule has 1 saturated heterocycles. The van der Waals surface area contributed by atoms with Gasteiger partial charge in [0.05, 0.1) is 12.0 Å². The molecule has 0 saturated carbocycles. The lowest BCUT2D eigenvalue weighted by Crippen LogP contribution is -2.69. The number of hydrogen-bond acceptors (Lipinski definition) is 5. The van der Waals surface area contributed by atoms with E-state index in [0.717, 1.165) is 12.1 Å². The van der Waals surface area contributed by atoms with Gasteiger partial charge in [-0.05, 0) is 36.2 Å². The number of nitrogens with zero attached hydrogens (tertiary/aromatic N) is 1. The van der Waals surface area contributed by atoms with Crippen molar-refractivity contribution in [3.8, 4) is 5.75 Å². The molecular formula is C19H18F3N3O5S. The van der Waals surface area contributed by atoms with Crippen molar-refractivity contribution in [2.24, 2.45) is 0 Å². The van der Waals surface area contributed by atoms with Gasteiger partial charge in [-0.15, -0.1) is 0 Å². The lowest BCUT2D eigenvalue weighted by molar-refractivity contribution is -0.198. The maximum absolute atomic E-state index is 13.9. The number of carbonyl (C=O) groups excluding carboxylic acids is 2. The van der Waals surface area contributed by atoms with Crippen LogP contribution >= 0.6 is 0 Å². The number of alkyl halides is 3.